The summed E-state index contributed by atoms with van der Waals surface area (Å²) in [4.78, 5) is 0. The Balaban J connectivity index is 2.02. The number of hydrogen-bond donors (Lipinski definition) is 0. The average Bonchev–Trinajstić information content (AvgIpc) is 2.79. The molecule has 0 aliphatic heterocycles. The van der Waals surface area contributed by atoms with Crippen molar-refractivity contribution in [1.82, 2.24) is 9.78 Å². The Hall–Kier alpha value is -1.81. The molecule has 1 aromatic carbocycles. The van der Waals surface area contributed by atoms with E-state index >= 15 is 0 Å². The van der Waals surface area contributed by atoms with E-state index in [0.29, 0.717) is 13.2 Å². The summed E-state index contributed by atoms with van der Waals surface area (Å²) in [7, 11) is 1.65. The maximum atomic E-state index is 5.44. The van der Waals surface area contributed by atoms with Crippen LogP contribution >= 0.6 is 0 Å². The minimum absolute atomic E-state index is 0.539. The lowest BCUT2D eigenvalue weighted by atomic mass is 10.3. The van der Waals surface area contributed by atoms with Gasteiger partial charge in [-0.25, -0.2) is 4.68 Å². The van der Waals surface area contributed by atoms with Crippen LogP contribution < -0.4 is 4.74 Å². The van der Waals surface area contributed by atoms with E-state index in [9.17, 15) is 0 Å². The Morgan fingerprint density at radius 1 is 1.19 bits per heavy atom. The summed E-state index contributed by atoms with van der Waals surface area (Å²) in [5.41, 5.74) is 1.02. The van der Waals surface area contributed by atoms with Gasteiger partial charge in [0.1, 0.15) is 6.61 Å². The van der Waals surface area contributed by atoms with Crippen molar-refractivity contribution < 1.29 is 9.47 Å². The molecule has 4 nitrogen and oxygen atoms in total. The molecule has 0 fully saturated rings. The highest BCUT2D eigenvalue weighted by Crippen LogP contribution is 2.12. The summed E-state index contributed by atoms with van der Waals surface area (Å²) in [5, 5.41) is 4.22. The van der Waals surface area contributed by atoms with Crippen LogP contribution in [0.3, 0.4) is 0 Å². The second-order valence-electron chi connectivity index (χ2n) is 3.30. The molecule has 0 unspecified atom stereocenters. The van der Waals surface area contributed by atoms with Crippen molar-refractivity contribution in [2.45, 2.75) is 0 Å². The fourth-order valence-electron chi connectivity index (χ4n) is 1.35. The summed E-state index contributed by atoms with van der Waals surface area (Å²) >= 11 is 0. The zero-order valence-electron chi connectivity index (χ0n) is 9.17. The quantitative estimate of drug-likeness (QED) is 0.719. The van der Waals surface area contributed by atoms with Crippen LogP contribution in [0.25, 0.3) is 5.69 Å². The van der Waals surface area contributed by atoms with E-state index in [1.165, 1.54) is 0 Å². The molecule has 0 saturated heterocycles. The second-order valence-corrected chi connectivity index (χ2v) is 3.30. The van der Waals surface area contributed by atoms with Gasteiger partial charge in [-0.05, 0) is 12.1 Å². The first-order valence-electron chi connectivity index (χ1n) is 5.12. The van der Waals surface area contributed by atoms with E-state index in [0.717, 1.165) is 11.4 Å². The molecule has 0 saturated carbocycles. The highest BCUT2D eigenvalue weighted by molar-refractivity contribution is 5.31. The van der Waals surface area contributed by atoms with E-state index < -0.39 is 0 Å². The van der Waals surface area contributed by atoms with Gasteiger partial charge in [-0.15, -0.1) is 0 Å². The number of hydrogen-bond acceptors (Lipinski definition) is 3. The van der Waals surface area contributed by atoms with Crippen LogP contribution in [0, 0.1) is 0 Å². The molecule has 1 heterocycles. The molecule has 0 radical (unpaired) electrons. The lowest BCUT2D eigenvalue weighted by molar-refractivity contribution is 0.146. The van der Waals surface area contributed by atoms with Crippen LogP contribution in [0.5, 0.6) is 5.75 Å². The van der Waals surface area contributed by atoms with Crippen molar-refractivity contribution in [1.29, 1.82) is 0 Å². The van der Waals surface area contributed by atoms with E-state index in [2.05, 4.69) is 5.10 Å². The first-order valence-corrected chi connectivity index (χ1v) is 5.12. The van der Waals surface area contributed by atoms with Gasteiger partial charge in [0.05, 0.1) is 24.7 Å². The van der Waals surface area contributed by atoms with Gasteiger partial charge in [0.25, 0.3) is 0 Å². The molecular formula is C12H14N2O2. The van der Waals surface area contributed by atoms with Gasteiger partial charge in [-0.3, -0.25) is 0 Å². The topological polar surface area (TPSA) is 36.3 Å². The Morgan fingerprint density at radius 2 is 2.00 bits per heavy atom. The normalized spacial score (nSPS) is 10.3. The van der Waals surface area contributed by atoms with Crippen molar-refractivity contribution in [2.24, 2.45) is 0 Å². The van der Waals surface area contributed by atoms with Gasteiger partial charge in [0, 0.05) is 7.11 Å². The number of benzene rings is 1. The molecule has 0 bridgehead atoms. The highest BCUT2D eigenvalue weighted by atomic mass is 16.5. The zero-order chi connectivity index (χ0) is 11.2. The van der Waals surface area contributed by atoms with E-state index in [-0.39, 0.29) is 0 Å². The third kappa shape index (κ3) is 2.61. The van der Waals surface area contributed by atoms with Gasteiger partial charge in [-0.1, -0.05) is 18.2 Å². The molecule has 0 spiro atoms. The monoisotopic (exact) mass is 218 g/mol. The third-order valence-electron chi connectivity index (χ3n) is 2.14. The summed E-state index contributed by atoms with van der Waals surface area (Å²) in [6.07, 6.45) is 3.55. The minimum atomic E-state index is 0.539. The molecule has 1 aromatic heterocycles. The number of aromatic nitrogens is 2. The molecule has 0 atom stereocenters. The molecule has 84 valence electrons. The van der Waals surface area contributed by atoms with E-state index in [4.69, 9.17) is 9.47 Å². The van der Waals surface area contributed by atoms with Gasteiger partial charge >= 0.3 is 0 Å². The maximum Gasteiger partial charge on any atom is 0.157 e. The fraction of sp³-hybridized carbons (Fsp3) is 0.250. The van der Waals surface area contributed by atoms with Crippen LogP contribution in [0.4, 0.5) is 0 Å². The zero-order valence-corrected chi connectivity index (χ0v) is 9.17. The summed E-state index contributed by atoms with van der Waals surface area (Å²) < 4.78 is 12.1. The number of para-hydroxylation sites is 1. The number of rotatable bonds is 5. The Morgan fingerprint density at radius 3 is 2.75 bits per heavy atom. The molecular weight excluding hydrogens is 204 g/mol. The average molecular weight is 218 g/mol. The van der Waals surface area contributed by atoms with Crippen LogP contribution in [-0.2, 0) is 4.74 Å². The maximum absolute atomic E-state index is 5.44. The van der Waals surface area contributed by atoms with Crippen LogP contribution in [0.1, 0.15) is 0 Å². The van der Waals surface area contributed by atoms with Crippen LogP contribution in [0.15, 0.2) is 42.7 Å². The van der Waals surface area contributed by atoms with E-state index in [1.807, 2.05) is 36.5 Å². The predicted molar refractivity (Wildman–Crippen MR) is 60.9 cm³/mol. The minimum Gasteiger partial charge on any atom is -0.488 e. The Bertz CT molecular complexity index is 426. The third-order valence-corrected chi connectivity index (χ3v) is 2.14. The standard InChI is InChI=1S/C12H14N2O2/c1-15-7-8-16-12-9-13-14(10-12)11-5-3-2-4-6-11/h2-6,9-10H,7-8H2,1H3. The molecule has 4 heteroatoms. The van der Waals surface area contributed by atoms with Crippen molar-refractivity contribution in [3.05, 3.63) is 42.7 Å². The Kier molecular flexibility index (Phi) is 3.56. The van der Waals surface area contributed by atoms with Gasteiger partial charge in [0.2, 0.25) is 0 Å². The van der Waals surface area contributed by atoms with Crippen LogP contribution in [-0.4, -0.2) is 30.1 Å². The summed E-state index contributed by atoms with van der Waals surface area (Å²) in [6, 6.07) is 9.91. The first kappa shape index (κ1) is 10.7. The summed E-state index contributed by atoms with van der Waals surface area (Å²) in [5.74, 6) is 0.751. The first-order chi connectivity index (χ1) is 7.90. The fourth-order valence-corrected chi connectivity index (χ4v) is 1.35. The second kappa shape index (κ2) is 5.32. The predicted octanol–water partition coefficient (Wildman–Crippen LogP) is 1.90. The molecule has 0 amide bonds. The Labute approximate surface area is 94.4 Å². The van der Waals surface area contributed by atoms with Gasteiger partial charge in [0.15, 0.2) is 5.75 Å². The largest absolute Gasteiger partial charge is 0.488 e. The van der Waals surface area contributed by atoms with Crippen molar-refractivity contribution in [2.75, 3.05) is 20.3 Å². The summed E-state index contributed by atoms with van der Waals surface area (Å²) in [6.45, 7) is 1.12. The smallest absolute Gasteiger partial charge is 0.157 e. The SMILES string of the molecule is COCCOc1cnn(-c2ccccc2)c1. The lowest BCUT2D eigenvalue weighted by Crippen LogP contribution is -2.03. The van der Waals surface area contributed by atoms with Gasteiger partial charge in [-0.2, -0.15) is 5.10 Å². The van der Waals surface area contributed by atoms with Crippen molar-refractivity contribution >= 4 is 0 Å². The lowest BCUT2D eigenvalue weighted by Gasteiger charge is -2.01. The highest BCUT2D eigenvalue weighted by Gasteiger charge is 2.00. The molecule has 0 aliphatic rings. The molecule has 16 heavy (non-hydrogen) atoms. The van der Waals surface area contributed by atoms with E-state index in [1.54, 1.807) is 18.0 Å². The molecule has 0 aliphatic carbocycles. The number of nitrogens with zero attached hydrogens (tertiary/aromatic N) is 2. The number of ether oxygens (including phenoxy) is 2. The van der Waals surface area contributed by atoms with Crippen LogP contribution in [0.2, 0.25) is 0 Å². The molecule has 2 rings (SSSR count). The van der Waals surface area contributed by atoms with Crippen molar-refractivity contribution in [3.63, 3.8) is 0 Å². The molecule has 0 N–H and O–H groups in total. The van der Waals surface area contributed by atoms with Crippen molar-refractivity contribution in [3.8, 4) is 11.4 Å². The molecule has 2 aromatic rings. The van der Waals surface area contributed by atoms with Gasteiger partial charge < -0.3 is 9.47 Å². The number of methoxy groups -OCH3 is 1.